The second-order valence-corrected chi connectivity index (χ2v) is 4.20. The predicted molar refractivity (Wildman–Crippen MR) is 58.5 cm³/mol. The first-order chi connectivity index (χ1) is 6.86. The molecule has 0 saturated heterocycles. The van der Waals surface area contributed by atoms with Gasteiger partial charge in [-0.2, -0.15) is 0 Å². The first-order valence-electron chi connectivity index (χ1n) is 5.41. The molecule has 0 rings (SSSR count). The Hall–Kier alpha value is -0.900. The Morgan fingerprint density at radius 2 is 1.93 bits per heavy atom. The van der Waals surface area contributed by atoms with Gasteiger partial charge in [-0.25, -0.2) is 4.79 Å². The summed E-state index contributed by atoms with van der Waals surface area (Å²) in [4.78, 5) is 22.4. The van der Waals surface area contributed by atoms with E-state index >= 15 is 0 Å². The van der Waals surface area contributed by atoms with Crippen molar-refractivity contribution in [2.24, 2.45) is 11.7 Å². The molecule has 88 valence electrons. The lowest BCUT2D eigenvalue weighted by atomic mass is 9.87. The average Bonchev–Trinajstić information content (AvgIpc) is 2.16. The lowest BCUT2D eigenvalue weighted by molar-refractivity contribution is -0.147. The van der Waals surface area contributed by atoms with Crippen LogP contribution in [0.5, 0.6) is 0 Å². The minimum absolute atomic E-state index is 0.254. The normalized spacial score (nSPS) is 16.8. The van der Waals surface area contributed by atoms with Gasteiger partial charge in [-0.1, -0.05) is 33.1 Å². The lowest BCUT2D eigenvalue weighted by Gasteiger charge is -2.21. The van der Waals surface area contributed by atoms with Gasteiger partial charge in [0.1, 0.15) is 0 Å². The van der Waals surface area contributed by atoms with Crippen molar-refractivity contribution in [1.82, 2.24) is 0 Å². The Balaban J connectivity index is 4.40. The van der Waals surface area contributed by atoms with Gasteiger partial charge >= 0.3 is 5.97 Å². The Labute approximate surface area is 90.8 Å². The number of nitrogens with two attached hydrogens (primary N) is 1. The highest BCUT2D eigenvalue weighted by atomic mass is 16.4. The Kier molecular flexibility index (Phi) is 5.50. The van der Waals surface area contributed by atoms with E-state index in [1.807, 2.05) is 13.8 Å². The monoisotopic (exact) mass is 215 g/mol. The fourth-order valence-electron chi connectivity index (χ4n) is 1.45. The maximum atomic E-state index is 11.6. The summed E-state index contributed by atoms with van der Waals surface area (Å²) in [6.45, 7) is 5.31. The number of carbonyl (C=O) groups excluding carboxylic acids is 1. The summed E-state index contributed by atoms with van der Waals surface area (Å²) in [7, 11) is 0. The maximum absolute atomic E-state index is 11.6. The van der Waals surface area contributed by atoms with Crippen molar-refractivity contribution in [3.8, 4) is 0 Å². The second-order valence-electron chi connectivity index (χ2n) is 4.20. The number of ketones is 1. The molecule has 0 saturated carbocycles. The zero-order valence-electron chi connectivity index (χ0n) is 9.75. The zero-order valence-corrected chi connectivity index (χ0v) is 9.75. The van der Waals surface area contributed by atoms with E-state index in [9.17, 15) is 9.59 Å². The van der Waals surface area contributed by atoms with Crippen molar-refractivity contribution in [2.45, 2.75) is 52.0 Å². The van der Waals surface area contributed by atoms with E-state index in [1.165, 1.54) is 6.92 Å². The quantitative estimate of drug-likeness (QED) is 0.632. The molecule has 0 aromatic rings. The van der Waals surface area contributed by atoms with Crippen molar-refractivity contribution in [1.29, 1.82) is 0 Å². The fraction of sp³-hybridized carbons (Fsp3) is 0.818. The number of carboxylic acids is 1. The molecule has 2 unspecified atom stereocenters. The average molecular weight is 215 g/mol. The number of aliphatic carboxylic acids is 1. The molecule has 0 aromatic heterocycles. The summed E-state index contributed by atoms with van der Waals surface area (Å²) in [5, 5.41) is 8.78. The van der Waals surface area contributed by atoms with E-state index in [0.717, 1.165) is 19.3 Å². The highest BCUT2D eigenvalue weighted by Crippen LogP contribution is 2.18. The first kappa shape index (κ1) is 14.1. The molecule has 0 bridgehead atoms. The largest absolute Gasteiger partial charge is 0.480 e. The van der Waals surface area contributed by atoms with Crippen LogP contribution in [0.25, 0.3) is 0 Å². The van der Waals surface area contributed by atoms with Gasteiger partial charge in [0.15, 0.2) is 11.3 Å². The van der Waals surface area contributed by atoms with Gasteiger partial charge in [-0.05, 0) is 12.8 Å². The van der Waals surface area contributed by atoms with Gasteiger partial charge in [0.2, 0.25) is 0 Å². The molecule has 15 heavy (non-hydrogen) atoms. The zero-order chi connectivity index (χ0) is 12.1. The molecule has 0 spiro atoms. The van der Waals surface area contributed by atoms with E-state index in [0.29, 0.717) is 0 Å². The van der Waals surface area contributed by atoms with E-state index in [2.05, 4.69) is 0 Å². The van der Waals surface area contributed by atoms with Gasteiger partial charge in [0.05, 0.1) is 0 Å². The van der Waals surface area contributed by atoms with Crippen LogP contribution in [0.4, 0.5) is 0 Å². The smallest absolute Gasteiger partial charge is 0.331 e. The number of rotatable bonds is 7. The molecule has 2 atom stereocenters. The molecule has 0 aliphatic heterocycles. The van der Waals surface area contributed by atoms with Crippen LogP contribution in [0.1, 0.15) is 46.5 Å². The molecule has 0 aliphatic carbocycles. The summed E-state index contributed by atoms with van der Waals surface area (Å²) in [5.41, 5.74) is 3.72. The van der Waals surface area contributed by atoms with Gasteiger partial charge in [-0.3, -0.25) is 4.79 Å². The molecule has 0 heterocycles. The molecule has 0 amide bonds. The molecular formula is C11H21NO3. The van der Waals surface area contributed by atoms with E-state index < -0.39 is 11.5 Å². The van der Waals surface area contributed by atoms with Gasteiger partial charge in [-0.15, -0.1) is 0 Å². The molecular weight excluding hydrogens is 194 g/mol. The molecule has 0 aromatic carbocycles. The van der Waals surface area contributed by atoms with Crippen molar-refractivity contribution in [3.05, 3.63) is 0 Å². The lowest BCUT2D eigenvalue weighted by Crippen LogP contribution is -2.52. The third kappa shape index (κ3) is 4.00. The van der Waals surface area contributed by atoms with Crippen molar-refractivity contribution < 1.29 is 14.7 Å². The highest BCUT2D eigenvalue weighted by molar-refractivity contribution is 6.07. The fourth-order valence-corrected chi connectivity index (χ4v) is 1.45. The number of Topliss-reactive ketones (excluding diaryl/α,β-unsaturated/α-hetero) is 1. The van der Waals surface area contributed by atoms with Crippen LogP contribution >= 0.6 is 0 Å². The van der Waals surface area contributed by atoms with Gasteiger partial charge < -0.3 is 10.8 Å². The first-order valence-corrected chi connectivity index (χ1v) is 5.41. The third-order valence-electron chi connectivity index (χ3n) is 2.77. The summed E-state index contributed by atoms with van der Waals surface area (Å²) in [5.74, 6) is -1.38. The molecule has 0 fully saturated rings. The number of carboxylic acid groups (broad SMARTS) is 1. The van der Waals surface area contributed by atoms with Crippen molar-refractivity contribution in [3.63, 3.8) is 0 Å². The van der Waals surface area contributed by atoms with E-state index in [4.69, 9.17) is 10.8 Å². The van der Waals surface area contributed by atoms with Crippen LogP contribution in [-0.4, -0.2) is 22.4 Å². The number of hydrogen-bond acceptors (Lipinski definition) is 3. The number of carbonyl (C=O) groups is 2. The number of hydrogen-bond donors (Lipinski definition) is 2. The predicted octanol–water partition coefficient (Wildman–Crippen LogP) is 1.57. The molecule has 4 nitrogen and oxygen atoms in total. The second kappa shape index (κ2) is 5.85. The topological polar surface area (TPSA) is 80.4 Å². The van der Waals surface area contributed by atoms with Crippen LogP contribution < -0.4 is 5.73 Å². The van der Waals surface area contributed by atoms with Crippen molar-refractivity contribution >= 4 is 11.8 Å². The summed E-state index contributed by atoms with van der Waals surface area (Å²) >= 11 is 0. The summed E-state index contributed by atoms with van der Waals surface area (Å²) < 4.78 is 0. The van der Waals surface area contributed by atoms with Crippen LogP contribution in [0.3, 0.4) is 0 Å². The van der Waals surface area contributed by atoms with Crippen LogP contribution in [-0.2, 0) is 9.59 Å². The Bertz CT molecular complexity index is 236. The van der Waals surface area contributed by atoms with E-state index in [1.54, 1.807) is 0 Å². The standard InChI is InChI=1S/C11H21NO3/c1-4-6-8(5-2)7-9(13)11(3,12)10(14)15/h8H,4-7,12H2,1-3H3,(H,14,15). The molecule has 0 radical (unpaired) electrons. The molecule has 3 N–H and O–H groups in total. The maximum Gasteiger partial charge on any atom is 0.331 e. The third-order valence-corrected chi connectivity index (χ3v) is 2.77. The summed E-state index contributed by atoms with van der Waals surface area (Å²) in [6, 6.07) is 0. The Morgan fingerprint density at radius 1 is 1.40 bits per heavy atom. The SMILES string of the molecule is CCCC(CC)CC(=O)C(C)(N)C(=O)O. The highest BCUT2D eigenvalue weighted by Gasteiger charge is 2.36. The van der Waals surface area contributed by atoms with Gasteiger partial charge in [0.25, 0.3) is 0 Å². The van der Waals surface area contributed by atoms with E-state index in [-0.39, 0.29) is 18.1 Å². The van der Waals surface area contributed by atoms with Crippen LogP contribution in [0.15, 0.2) is 0 Å². The minimum atomic E-state index is -1.73. The molecule has 4 heteroatoms. The minimum Gasteiger partial charge on any atom is -0.480 e. The van der Waals surface area contributed by atoms with Crippen molar-refractivity contribution in [2.75, 3.05) is 0 Å². The Morgan fingerprint density at radius 3 is 2.27 bits per heavy atom. The summed E-state index contributed by atoms with van der Waals surface area (Å²) in [6.07, 6.45) is 3.09. The van der Waals surface area contributed by atoms with Gasteiger partial charge in [0, 0.05) is 6.42 Å². The van der Waals surface area contributed by atoms with Crippen LogP contribution in [0, 0.1) is 5.92 Å². The molecule has 0 aliphatic rings. The van der Waals surface area contributed by atoms with Crippen LogP contribution in [0.2, 0.25) is 0 Å².